The molecule has 1 amide bonds. The lowest BCUT2D eigenvalue weighted by Crippen LogP contribution is -2.17. The molecule has 3 rings (SSSR count). The third kappa shape index (κ3) is 7.08. The summed E-state index contributed by atoms with van der Waals surface area (Å²) in [5, 5.41) is 4.06. The van der Waals surface area contributed by atoms with Crippen LogP contribution in [-0.2, 0) is 6.61 Å². The fourth-order valence-electron chi connectivity index (χ4n) is 3.14. The number of rotatable bonds is 11. The van der Waals surface area contributed by atoms with Crippen molar-refractivity contribution in [1.29, 1.82) is 0 Å². The van der Waals surface area contributed by atoms with E-state index >= 15 is 0 Å². The molecule has 0 bridgehead atoms. The summed E-state index contributed by atoms with van der Waals surface area (Å²) in [7, 11) is 1.52. The molecule has 0 radical (unpaired) electrons. The fraction of sp³-hybridized carbons (Fsp3) is 0.231. The van der Waals surface area contributed by atoms with E-state index in [9.17, 15) is 9.18 Å². The van der Waals surface area contributed by atoms with Crippen molar-refractivity contribution in [2.45, 2.75) is 20.5 Å². The second-order valence-corrected chi connectivity index (χ2v) is 8.30. The number of nitrogens with zero attached hydrogens (tertiary/aromatic N) is 1. The average Bonchev–Trinajstić information content (AvgIpc) is 2.85. The Kier molecular flexibility index (Phi) is 9.71. The number of carbonyl (C=O) groups is 1. The second kappa shape index (κ2) is 12.9. The first-order valence-corrected chi connectivity index (χ1v) is 12.0. The third-order valence-electron chi connectivity index (χ3n) is 4.77. The molecule has 3 aromatic carbocycles. The summed E-state index contributed by atoms with van der Waals surface area (Å²) in [4.78, 5) is 12.6. The molecule has 1 N–H and O–H groups in total. The minimum absolute atomic E-state index is 0.0638. The van der Waals surface area contributed by atoms with Crippen LogP contribution in [0.2, 0.25) is 0 Å². The van der Waals surface area contributed by atoms with E-state index in [0.717, 1.165) is 3.57 Å². The zero-order valence-electron chi connectivity index (χ0n) is 19.6. The third-order valence-corrected chi connectivity index (χ3v) is 5.57. The van der Waals surface area contributed by atoms with E-state index in [1.807, 2.05) is 19.9 Å². The highest BCUT2D eigenvalue weighted by Crippen LogP contribution is 2.34. The number of nitrogens with one attached hydrogen (secondary N) is 1. The standard InChI is InChI=1S/C26H26FIN2O5/c1-4-33-22-11-10-18(14-23(22)34-5-2)26(31)30-29-15-17-12-21(28)25(24(13-17)32-3)35-16-19-8-6-7-9-20(19)27/h6-15H,4-5,16H2,1-3H3,(H,30,31)/b29-15+. The van der Waals surface area contributed by atoms with Gasteiger partial charge in [-0.3, -0.25) is 4.79 Å². The van der Waals surface area contributed by atoms with Crippen LogP contribution in [0.25, 0.3) is 0 Å². The zero-order valence-corrected chi connectivity index (χ0v) is 21.8. The van der Waals surface area contributed by atoms with Gasteiger partial charge >= 0.3 is 0 Å². The molecule has 0 saturated heterocycles. The largest absolute Gasteiger partial charge is 0.493 e. The van der Waals surface area contributed by atoms with Crippen LogP contribution in [0.3, 0.4) is 0 Å². The molecule has 35 heavy (non-hydrogen) atoms. The van der Waals surface area contributed by atoms with Gasteiger partial charge in [-0.1, -0.05) is 18.2 Å². The number of amides is 1. The molecule has 0 aliphatic carbocycles. The Balaban J connectivity index is 1.70. The summed E-state index contributed by atoms with van der Waals surface area (Å²) < 4.78 is 37.0. The lowest BCUT2D eigenvalue weighted by atomic mass is 10.2. The van der Waals surface area contributed by atoms with Gasteiger partial charge in [-0.05, 0) is 78.4 Å². The topological polar surface area (TPSA) is 78.4 Å². The first-order chi connectivity index (χ1) is 17.0. The SMILES string of the molecule is CCOc1ccc(C(=O)N/N=C/c2cc(I)c(OCc3ccccc3F)c(OC)c2)cc1OCC. The lowest BCUT2D eigenvalue weighted by molar-refractivity contribution is 0.0954. The quantitative estimate of drug-likeness (QED) is 0.179. The van der Waals surface area contributed by atoms with Crippen LogP contribution in [0, 0.1) is 9.39 Å². The molecule has 7 nitrogen and oxygen atoms in total. The van der Waals surface area contributed by atoms with E-state index in [-0.39, 0.29) is 12.4 Å². The van der Waals surface area contributed by atoms with Gasteiger partial charge < -0.3 is 18.9 Å². The molecule has 184 valence electrons. The highest BCUT2D eigenvalue weighted by Gasteiger charge is 2.14. The number of methoxy groups -OCH3 is 1. The van der Waals surface area contributed by atoms with Crippen molar-refractivity contribution >= 4 is 34.7 Å². The molecule has 0 fully saturated rings. The van der Waals surface area contributed by atoms with Gasteiger partial charge in [0.2, 0.25) is 0 Å². The Morgan fingerprint density at radius 3 is 2.46 bits per heavy atom. The van der Waals surface area contributed by atoms with Crippen molar-refractivity contribution in [3.8, 4) is 23.0 Å². The van der Waals surface area contributed by atoms with Gasteiger partial charge in [0.25, 0.3) is 5.91 Å². The van der Waals surface area contributed by atoms with Crippen LogP contribution in [0.1, 0.15) is 35.3 Å². The second-order valence-electron chi connectivity index (χ2n) is 7.14. The predicted molar refractivity (Wildman–Crippen MR) is 140 cm³/mol. The lowest BCUT2D eigenvalue weighted by Gasteiger charge is -2.14. The number of carbonyl (C=O) groups excluding carboxylic acids is 1. The van der Waals surface area contributed by atoms with Crippen molar-refractivity contribution in [3.63, 3.8) is 0 Å². The Labute approximate surface area is 217 Å². The smallest absolute Gasteiger partial charge is 0.271 e. The number of hydrogen-bond donors (Lipinski definition) is 1. The van der Waals surface area contributed by atoms with Crippen molar-refractivity contribution < 1.29 is 28.1 Å². The molecule has 0 spiro atoms. The van der Waals surface area contributed by atoms with Gasteiger partial charge in [0.15, 0.2) is 23.0 Å². The minimum Gasteiger partial charge on any atom is -0.493 e. The van der Waals surface area contributed by atoms with Crippen molar-refractivity contribution in [2.24, 2.45) is 5.10 Å². The fourth-order valence-corrected chi connectivity index (χ4v) is 3.92. The van der Waals surface area contributed by atoms with Gasteiger partial charge in [-0.25, -0.2) is 9.82 Å². The maximum absolute atomic E-state index is 13.9. The van der Waals surface area contributed by atoms with Crippen LogP contribution in [0.15, 0.2) is 59.7 Å². The van der Waals surface area contributed by atoms with E-state index in [1.54, 1.807) is 42.5 Å². The number of ether oxygens (including phenoxy) is 4. The maximum Gasteiger partial charge on any atom is 0.271 e. The Morgan fingerprint density at radius 2 is 1.74 bits per heavy atom. The van der Waals surface area contributed by atoms with Gasteiger partial charge in [0.1, 0.15) is 12.4 Å². The Bertz CT molecular complexity index is 1200. The first kappa shape index (κ1) is 26.3. The molecule has 0 heterocycles. The van der Waals surface area contributed by atoms with Gasteiger partial charge in [0, 0.05) is 11.1 Å². The Morgan fingerprint density at radius 1 is 1.00 bits per heavy atom. The summed E-state index contributed by atoms with van der Waals surface area (Å²) in [5.74, 6) is 1.31. The molecule has 0 aliphatic heterocycles. The molecule has 0 aliphatic rings. The molecule has 0 unspecified atom stereocenters. The van der Waals surface area contributed by atoms with Crippen LogP contribution in [0.5, 0.6) is 23.0 Å². The molecule has 0 atom stereocenters. The number of hydrazone groups is 1. The van der Waals surface area contributed by atoms with E-state index < -0.39 is 5.91 Å². The van der Waals surface area contributed by atoms with E-state index in [4.69, 9.17) is 18.9 Å². The highest BCUT2D eigenvalue weighted by atomic mass is 127. The summed E-state index contributed by atoms with van der Waals surface area (Å²) >= 11 is 2.11. The van der Waals surface area contributed by atoms with Crippen LogP contribution in [0.4, 0.5) is 4.39 Å². The number of hydrogen-bond acceptors (Lipinski definition) is 6. The summed E-state index contributed by atoms with van der Waals surface area (Å²) in [6.45, 7) is 4.74. The van der Waals surface area contributed by atoms with Crippen LogP contribution >= 0.6 is 22.6 Å². The maximum atomic E-state index is 13.9. The molecular formula is C26H26FIN2O5. The minimum atomic E-state index is -0.392. The first-order valence-electron chi connectivity index (χ1n) is 10.9. The van der Waals surface area contributed by atoms with Gasteiger partial charge in [-0.15, -0.1) is 0 Å². The highest BCUT2D eigenvalue weighted by molar-refractivity contribution is 14.1. The number of halogens is 2. The van der Waals surface area contributed by atoms with E-state index in [0.29, 0.717) is 52.9 Å². The molecule has 0 aromatic heterocycles. The van der Waals surface area contributed by atoms with Crippen molar-refractivity contribution in [3.05, 3.63) is 80.7 Å². The Hall–Kier alpha value is -3.34. The van der Waals surface area contributed by atoms with Crippen LogP contribution in [-0.4, -0.2) is 32.4 Å². The monoisotopic (exact) mass is 592 g/mol. The summed E-state index contributed by atoms with van der Waals surface area (Å²) in [6, 6.07) is 14.9. The van der Waals surface area contributed by atoms with E-state index in [1.165, 1.54) is 19.4 Å². The molecule has 9 heteroatoms. The van der Waals surface area contributed by atoms with Crippen molar-refractivity contribution in [2.75, 3.05) is 20.3 Å². The van der Waals surface area contributed by atoms with Crippen LogP contribution < -0.4 is 24.4 Å². The van der Waals surface area contributed by atoms with Gasteiger partial charge in [0.05, 0.1) is 30.1 Å². The summed E-state index contributed by atoms with van der Waals surface area (Å²) in [5.41, 5.74) is 4.03. The zero-order chi connectivity index (χ0) is 25.2. The normalized spacial score (nSPS) is 10.8. The molecular weight excluding hydrogens is 566 g/mol. The van der Waals surface area contributed by atoms with Crippen molar-refractivity contribution in [1.82, 2.24) is 5.43 Å². The van der Waals surface area contributed by atoms with Gasteiger partial charge in [-0.2, -0.15) is 5.10 Å². The number of benzene rings is 3. The van der Waals surface area contributed by atoms with E-state index in [2.05, 4.69) is 33.1 Å². The predicted octanol–water partition coefficient (Wildman–Crippen LogP) is 5.58. The average molecular weight is 592 g/mol. The summed E-state index contributed by atoms with van der Waals surface area (Å²) in [6.07, 6.45) is 1.50. The molecule has 0 saturated carbocycles. The molecule has 3 aromatic rings.